The molecular formula is C26H27N3O4. The standard InChI is InChI=1S/C26H27N3O4/c1-16-13-18(20-5-2-3-8-23(20)27-16)15-32-19-11-9-17(10-12-19)24-14-25(33-29-24)21-6-4-7-22(21)26(30)28-31/h2-3,5,8-13,21-22,25,31H,4,6-7,14-15H2,1H3,(H,28,30)/t21-,22+,25?/m0/s1. The Kier molecular flexibility index (Phi) is 5.96. The van der Waals surface area contributed by atoms with Crippen molar-refractivity contribution >= 4 is 22.5 Å². The van der Waals surface area contributed by atoms with Gasteiger partial charge in [-0.15, -0.1) is 0 Å². The zero-order valence-electron chi connectivity index (χ0n) is 18.5. The number of amides is 1. The fourth-order valence-electron chi connectivity index (χ4n) is 5.06. The summed E-state index contributed by atoms with van der Waals surface area (Å²) in [5, 5.41) is 14.4. The van der Waals surface area contributed by atoms with Gasteiger partial charge in [0.05, 0.1) is 11.2 Å². The summed E-state index contributed by atoms with van der Waals surface area (Å²) in [6.07, 6.45) is 3.15. The quantitative estimate of drug-likeness (QED) is 0.429. The Balaban J connectivity index is 1.22. The third kappa shape index (κ3) is 4.41. The molecule has 7 nitrogen and oxygen atoms in total. The summed E-state index contributed by atoms with van der Waals surface area (Å²) in [5.41, 5.74) is 6.70. The molecule has 1 aliphatic carbocycles. The van der Waals surface area contributed by atoms with E-state index < -0.39 is 0 Å². The van der Waals surface area contributed by atoms with Crippen molar-refractivity contribution < 1.29 is 19.6 Å². The van der Waals surface area contributed by atoms with E-state index in [-0.39, 0.29) is 23.8 Å². The number of ether oxygens (including phenoxy) is 1. The normalized spacial score (nSPS) is 22.1. The highest BCUT2D eigenvalue weighted by atomic mass is 16.6. The van der Waals surface area contributed by atoms with Crippen LogP contribution in [0.1, 0.15) is 42.5 Å². The highest BCUT2D eigenvalue weighted by Gasteiger charge is 2.41. The number of nitrogens with one attached hydrogen (secondary N) is 1. The number of nitrogens with zero attached hydrogens (tertiary/aromatic N) is 2. The van der Waals surface area contributed by atoms with Crippen molar-refractivity contribution in [1.82, 2.24) is 10.5 Å². The van der Waals surface area contributed by atoms with Crippen molar-refractivity contribution in [2.45, 2.75) is 45.3 Å². The molecule has 1 fully saturated rings. The van der Waals surface area contributed by atoms with Gasteiger partial charge in [0.2, 0.25) is 5.91 Å². The number of carbonyl (C=O) groups excluding carboxylic acids is 1. The van der Waals surface area contributed by atoms with Gasteiger partial charge in [-0.1, -0.05) is 29.8 Å². The van der Waals surface area contributed by atoms with Gasteiger partial charge in [0.25, 0.3) is 0 Å². The molecule has 2 aliphatic rings. The molecule has 1 saturated carbocycles. The summed E-state index contributed by atoms with van der Waals surface area (Å²) in [7, 11) is 0. The Morgan fingerprint density at radius 3 is 2.82 bits per heavy atom. The molecule has 3 aromatic rings. The van der Waals surface area contributed by atoms with Crippen LogP contribution >= 0.6 is 0 Å². The fourth-order valence-corrected chi connectivity index (χ4v) is 5.06. The third-order valence-corrected chi connectivity index (χ3v) is 6.70. The lowest BCUT2D eigenvalue weighted by Gasteiger charge is -2.22. The van der Waals surface area contributed by atoms with Crippen LogP contribution in [0.15, 0.2) is 59.8 Å². The second kappa shape index (κ2) is 9.19. The van der Waals surface area contributed by atoms with Crippen LogP contribution in [0.25, 0.3) is 10.9 Å². The van der Waals surface area contributed by atoms with Crippen molar-refractivity contribution in [3.8, 4) is 5.75 Å². The third-order valence-electron chi connectivity index (χ3n) is 6.70. The number of hydroxylamine groups is 1. The van der Waals surface area contributed by atoms with E-state index in [1.807, 2.05) is 49.4 Å². The van der Waals surface area contributed by atoms with E-state index in [0.717, 1.165) is 58.4 Å². The monoisotopic (exact) mass is 445 g/mol. The number of hydrogen-bond acceptors (Lipinski definition) is 6. The van der Waals surface area contributed by atoms with E-state index in [4.69, 9.17) is 14.8 Å². The minimum Gasteiger partial charge on any atom is -0.489 e. The molecule has 2 heterocycles. The Hall–Kier alpha value is -3.45. The van der Waals surface area contributed by atoms with Gasteiger partial charge in [-0.3, -0.25) is 15.0 Å². The van der Waals surface area contributed by atoms with Crippen LogP contribution in [0.4, 0.5) is 0 Å². The molecule has 33 heavy (non-hydrogen) atoms. The maximum atomic E-state index is 12.0. The molecule has 1 aromatic heterocycles. The summed E-state index contributed by atoms with van der Waals surface area (Å²) in [4.78, 5) is 22.2. The van der Waals surface area contributed by atoms with E-state index in [2.05, 4.69) is 22.3 Å². The van der Waals surface area contributed by atoms with Gasteiger partial charge in [0.15, 0.2) is 0 Å². The van der Waals surface area contributed by atoms with Gasteiger partial charge in [-0.05, 0) is 61.7 Å². The van der Waals surface area contributed by atoms with Crippen LogP contribution in [0.3, 0.4) is 0 Å². The van der Waals surface area contributed by atoms with Gasteiger partial charge in [-0.25, -0.2) is 5.48 Å². The van der Waals surface area contributed by atoms with Crippen LogP contribution < -0.4 is 10.2 Å². The Bertz CT molecular complexity index is 1190. The fraction of sp³-hybridized carbons (Fsp3) is 0.346. The number of pyridine rings is 1. The number of oxime groups is 1. The lowest BCUT2D eigenvalue weighted by atomic mass is 9.87. The van der Waals surface area contributed by atoms with Gasteiger partial charge < -0.3 is 9.57 Å². The first kappa shape index (κ1) is 21.4. The predicted octanol–water partition coefficient (Wildman–Crippen LogP) is 4.54. The van der Waals surface area contributed by atoms with Crippen molar-refractivity contribution in [3.05, 3.63) is 71.4 Å². The first-order valence-electron chi connectivity index (χ1n) is 11.4. The van der Waals surface area contributed by atoms with E-state index >= 15 is 0 Å². The van der Waals surface area contributed by atoms with Crippen molar-refractivity contribution in [2.75, 3.05) is 0 Å². The number of carbonyl (C=O) groups is 1. The number of hydrogen-bond donors (Lipinski definition) is 2. The van der Waals surface area contributed by atoms with E-state index in [1.165, 1.54) is 0 Å². The lowest BCUT2D eigenvalue weighted by Crippen LogP contribution is -2.35. The first-order chi connectivity index (χ1) is 16.1. The van der Waals surface area contributed by atoms with Gasteiger partial charge in [0.1, 0.15) is 18.5 Å². The van der Waals surface area contributed by atoms with Crippen molar-refractivity contribution in [1.29, 1.82) is 0 Å². The molecule has 2 aromatic carbocycles. The Labute approximate surface area is 192 Å². The molecule has 1 unspecified atom stereocenters. The van der Waals surface area contributed by atoms with E-state index in [0.29, 0.717) is 13.0 Å². The average Bonchev–Trinajstić information content (AvgIpc) is 3.52. The molecule has 5 rings (SSSR count). The summed E-state index contributed by atoms with van der Waals surface area (Å²) in [6.45, 7) is 2.46. The van der Waals surface area contributed by atoms with Crippen LogP contribution in [0.5, 0.6) is 5.75 Å². The van der Waals surface area contributed by atoms with Crippen LogP contribution in [-0.2, 0) is 16.2 Å². The molecule has 0 saturated heterocycles. The highest BCUT2D eigenvalue weighted by Crippen LogP contribution is 2.39. The largest absolute Gasteiger partial charge is 0.489 e. The SMILES string of the molecule is Cc1cc(COc2ccc(C3=NOC([C@H]4CCC[C@H]4C(=O)NO)C3)cc2)c2ccccc2n1. The van der Waals surface area contributed by atoms with Crippen LogP contribution in [-0.4, -0.2) is 27.9 Å². The number of rotatable bonds is 6. The zero-order chi connectivity index (χ0) is 22.8. The van der Waals surface area contributed by atoms with E-state index in [9.17, 15) is 4.79 Å². The van der Waals surface area contributed by atoms with Crippen molar-refractivity contribution in [3.63, 3.8) is 0 Å². The second-order valence-electron chi connectivity index (χ2n) is 8.82. The second-order valence-corrected chi connectivity index (χ2v) is 8.82. The van der Waals surface area contributed by atoms with Gasteiger partial charge >= 0.3 is 0 Å². The first-order valence-corrected chi connectivity index (χ1v) is 11.4. The minimum atomic E-state index is -0.326. The molecule has 0 bridgehead atoms. The molecule has 170 valence electrons. The van der Waals surface area contributed by atoms with Crippen molar-refractivity contribution in [2.24, 2.45) is 17.0 Å². The summed E-state index contributed by atoms with van der Waals surface area (Å²) < 4.78 is 6.06. The summed E-state index contributed by atoms with van der Waals surface area (Å²) >= 11 is 0. The smallest absolute Gasteiger partial charge is 0.246 e. The van der Waals surface area contributed by atoms with Gasteiger partial charge in [-0.2, -0.15) is 0 Å². The molecule has 0 spiro atoms. The Morgan fingerprint density at radius 1 is 1.18 bits per heavy atom. The average molecular weight is 446 g/mol. The lowest BCUT2D eigenvalue weighted by molar-refractivity contribution is -0.136. The molecule has 2 N–H and O–H groups in total. The number of aromatic nitrogens is 1. The minimum absolute atomic E-state index is 0.0691. The molecule has 1 amide bonds. The number of aryl methyl sites for hydroxylation is 1. The zero-order valence-corrected chi connectivity index (χ0v) is 18.5. The van der Waals surface area contributed by atoms with Crippen LogP contribution in [0.2, 0.25) is 0 Å². The molecular weight excluding hydrogens is 418 g/mol. The topological polar surface area (TPSA) is 93.0 Å². The molecule has 1 aliphatic heterocycles. The Morgan fingerprint density at radius 2 is 2.00 bits per heavy atom. The molecule has 7 heteroatoms. The predicted molar refractivity (Wildman–Crippen MR) is 124 cm³/mol. The van der Waals surface area contributed by atoms with E-state index in [1.54, 1.807) is 5.48 Å². The number of fused-ring (bicyclic) bond motifs is 1. The maximum absolute atomic E-state index is 12.0. The number of para-hydroxylation sites is 1. The molecule has 0 radical (unpaired) electrons. The maximum Gasteiger partial charge on any atom is 0.246 e. The number of benzene rings is 2. The molecule has 3 atom stereocenters. The highest BCUT2D eigenvalue weighted by molar-refractivity contribution is 6.01. The summed E-state index contributed by atoms with van der Waals surface area (Å²) in [6, 6.07) is 18.0. The summed E-state index contributed by atoms with van der Waals surface area (Å²) in [5.74, 6) is 0.301. The van der Waals surface area contributed by atoms with Crippen LogP contribution in [0, 0.1) is 18.8 Å². The van der Waals surface area contributed by atoms with Gasteiger partial charge in [0, 0.05) is 34.9 Å².